The van der Waals surface area contributed by atoms with Crippen LogP contribution in [-0.2, 0) is 0 Å². The first-order valence-corrected chi connectivity index (χ1v) is 7.51. The molecule has 0 spiro atoms. The Morgan fingerprint density at radius 1 is 1.24 bits per heavy atom. The lowest BCUT2D eigenvalue weighted by Crippen LogP contribution is -2.28. The maximum atomic E-state index is 6.08. The molecule has 0 aromatic heterocycles. The molecule has 1 aromatic rings. The summed E-state index contributed by atoms with van der Waals surface area (Å²) in [6, 6.07) is 10.5. The van der Waals surface area contributed by atoms with E-state index in [9.17, 15) is 0 Å². The summed E-state index contributed by atoms with van der Waals surface area (Å²) in [6.45, 7) is 0. The van der Waals surface area contributed by atoms with Crippen LogP contribution in [0, 0.1) is 0 Å². The van der Waals surface area contributed by atoms with Gasteiger partial charge in [0.15, 0.2) is 0 Å². The van der Waals surface area contributed by atoms with Gasteiger partial charge in [-0.3, -0.25) is 4.99 Å². The van der Waals surface area contributed by atoms with E-state index in [1.165, 1.54) is 25.7 Å². The minimum absolute atomic E-state index is 0.402. The number of rotatable bonds is 3. The zero-order valence-electron chi connectivity index (χ0n) is 10.3. The molecule has 1 aromatic carbocycles. The van der Waals surface area contributed by atoms with Crippen LogP contribution in [0.2, 0.25) is 0 Å². The summed E-state index contributed by atoms with van der Waals surface area (Å²) in [7, 11) is 0. The Morgan fingerprint density at radius 3 is 2.65 bits per heavy atom. The van der Waals surface area contributed by atoms with Crippen LogP contribution in [0.5, 0.6) is 0 Å². The van der Waals surface area contributed by atoms with Crippen molar-refractivity contribution in [3.63, 3.8) is 0 Å². The van der Waals surface area contributed by atoms with E-state index in [0.29, 0.717) is 17.1 Å². The molecule has 1 fully saturated rings. The van der Waals surface area contributed by atoms with Gasteiger partial charge in [0.1, 0.15) is 5.84 Å². The van der Waals surface area contributed by atoms with Crippen LogP contribution in [0.1, 0.15) is 31.2 Å². The lowest BCUT2D eigenvalue weighted by molar-refractivity contribution is 0.455. The van der Waals surface area contributed by atoms with Gasteiger partial charge >= 0.3 is 0 Å². The summed E-state index contributed by atoms with van der Waals surface area (Å²) >= 11 is 1.93. The molecule has 92 valence electrons. The van der Waals surface area contributed by atoms with E-state index < -0.39 is 0 Å². The van der Waals surface area contributed by atoms with E-state index in [1.807, 2.05) is 42.1 Å². The summed E-state index contributed by atoms with van der Waals surface area (Å²) in [4.78, 5) is 4.73. The van der Waals surface area contributed by atoms with E-state index in [4.69, 9.17) is 10.7 Å². The quantitative estimate of drug-likeness (QED) is 0.659. The van der Waals surface area contributed by atoms with Gasteiger partial charge in [0.25, 0.3) is 0 Å². The average Bonchev–Trinajstić information content (AvgIpc) is 2.40. The van der Waals surface area contributed by atoms with Gasteiger partial charge in [-0.2, -0.15) is 11.8 Å². The summed E-state index contributed by atoms with van der Waals surface area (Å²) in [5, 5.41) is 0.644. The third-order valence-electron chi connectivity index (χ3n) is 3.34. The van der Waals surface area contributed by atoms with Crippen LogP contribution in [0.25, 0.3) is 0 Å². The van der Waals surface area contributed by atoms with E-state index in [1.54, 1.807) is 0 Å². The Kier molecular flexibility index (Phi) is 4.49. The number of hydrogen-bond acceptors (Lipinski definition) is 2. The van der Waals surface area contributed by atoms with Gasteiger partial charge in [0.2, 0.25) is 0 Å². The Balaban J connectivity index is 2.12. The second-order valence-electron chi connectivity index (χ2n) is 4.51. The van der Waals surface area contributed by atoms with E-state index >= 15 is 0 Å². The maximum absolute atomic E-state index is 6.08. The number of aliphatic imine (C=N–C) groups is 1. The molecule has 2 atom stereocenters. The normalized spacial score (nSPS) is 25.8. The standard InChI is InChI=1S/C14H20N2S/c1-17-13-10-6-5-9-12(13)16-14(15)11-7-3-2-4-8-11/h2-4,7-8,12-13H,5-6,9-10H2,1H3,(H2,15,16). The topological polar surface area (TPSA) is 38.4 Å². The fourth-order valence-corrected chi connectivity index (χ4v) is 3.28. The van der Waals surface area contributed by atoms with Crippen molar-refractivity contribution in [3.05, 3.63) is 35.9 Å². The Labute approximate surface area is 108 Å². The van der Waals surface area contributed by atoms with Crippen molar-refractivity contribution >= 4 is 17.6 Å². The fourth-order valence-electron chi connectivity index (χ4n) is 2.36. The third-order valence-corrected chi connectivity index (χ3v) is 4.50. The lowest BCUT2D eigenvalue weighted by Gasteiger charge is -2.27. The molecule has 1 saturated carbocycles. The maximum Gasteiger partial charge on any atom is 0.125 e. The van der Waals surface area contributed by atoms with Gasteiger partial charge in [0, 0.05) is 10.8 Å². The lowest BCUT2D eigenvalue weighted by atomic mass is 9.95. The second-order valence-corrected chi connectivity index (χ2v) is 5.58. The summed E-state index contributed by atoms with van der Waals surface area (Å²) in [5.41, 5.74) is 7.12. The predicted octanol–water partition coefficient (Wildman–Crippen LogP) is 3.07. The third kappa shape index (κ3) is 3.25. The highest BCUT2D eigenvalue weighted by molar-refractivity contribution is 7.99. The zero-order valence-corrected chi connectivity index (χ0v) is 11.1. The SMILES string of the molecule is CSC1CCCCC1N=C(N)c1ccccc1. The average molecular weight is 248 g/mol. The van der Waals surface area contributed by atoms with Gasteiger partial charge in [-0.05, 0) is 19.1 Å². The minimum atomic E-state index is 0.402. The number of thioether (sulfide) groups is 1. The minimum Gasteiger partial charge on any atom is -0.383 e. The molecule has 1 aliphatic rings. The van der Waals surface area contributed by atoms with Crippen LogP contribution in [0.3, 0.4) is 0 Å². The van der Waals surface area contributed by atoms with Crippen LogP contribution in [0.15, 0.2) is 35.3 Å². The van der Waals surface area contributed by atoms with Crippen LogP contribution >= 0.6 is 11.8 Å². The van der Waals surface area contributed by atoms with E-state index in [-0.39, 0.29) is 0 Å². The molecule has 0 saturated heterocycles. The molecular formula is C14H20N2S. The second kappa shape index (κ2) is 6.10. The Bertz CT molecular complexity index is 375. The molecular weight excluding hydrogens is 228 g/mol. The van der Waals surface area contributed by atoms with E-state index in [0.717, 1.165) is 5.56 Å². The summed E-state index contributed by atoms with van der Waals surface area (Å²) in [6.07, 6.45) is 7.25. The number of amidine groups is 1. The van der Waals surface area contributed by atoms with Crippen molar-refractivity contribution in [2.45, 2.75) is 37.0 Å². The molecule has 1 aliphatic carbocycles. The molecule has 0 aliphatic heterocycles. The van der Waals surface area contributed by atoms with Crippen molar-refractivity contribution in [2.24, 2.45) is 10.7 Å². The van der Waals surface area contributed by atoms with Crippen LogP contribution in [-0.4, -0.2) is 23.4 Å². The highest BCUT2D eigenvalue weighted by Crippen LogP contribution is 2.29. The Morgan fingerprint density at radius 2 is 1.94 bits per heavy atom. The molecule has 0 heterocycles. The zero-order chi connectivity index (χ0) is 12.1. The monoisotopic (exact) mass is 248 g/mol. The van der Waals surface area contributed by atoms with Gasteiger partial charge in [0.05, 0.1) is 6.04 Å². The molecule has 2 nitrogen and oxygen atoms in total. The van der Waals surface area contributed by atoms with Gasteiger partial charge in [-0.25, -0.2) is 0 Å². The molecule has 0 bridgehead atoms. The van der Waals surface area contributed by atoms with Gasteiger partial charge in [-0.15, -0.1) is 0 Å². The number of nitrogens with zero attached hydrogens (tertiary/aromatic N) is 1. The first-order valence-electron chi connectivity index (χ1n) is 6.22. The molecule has 17 heavy (non-hydrogen) atoms. The summed E-state index contributed by atoms with van der Waals surface area (Å²) in [5.74, 6) is 0.691. The van der Waals surface area contributed by atoms with Gasteiger partial charge < -0.3 is 5.73 Å². The molecule has 2 unspecified atom stereocenters. The summed E-state index contributed by atoms with van der Waals surface area (Å²) < 4.78 is 0. The van der Waals surface area contributed by atoms with Crippen LogP contribution in [0.4, 0.5) is 0 Å². The predicted molar refractivity (Wildman–Crippen MR) is 76.7 cm³/mol. The first kappa shape index (κ1) is 12.5. The molecule has 0 radical (unpaired) electrons. The highest BCUT2D eigenvalue weighted by Gasteiger charge is 2.23. The van der Waals surface area contributed by atoms with Gasteiger partial charge in [-0.1, -0.05) is 43.2 Å². The number of hydrogen-bond donors (Lipinski definition) is 1. The molecule has 2 rings (SSSR count). The first-order chi connectivity index (χ1) is 8.31. The van der Waals surface area contributed by atoms with Crippen molar-refractivity contribution in [1.29, 1.82) is 0 Å². The fraction of sp³-hybridized carbons (Fsp3) is 0.500. The highest BCUT2D eigenvalue weighted by atomic mass is 32.2. The number of nitrogens with two attached hydrogens (primary N) is 1. The van der Waals surface area contributed by atoms with Crippen molar-refractivity contribution in [2.75, 3.05) is 6.26 Å². The molecule has 0 amide bonds. The van der Waals surface area contributed by atoms with Crippen molar-refractivity contribution < 1.29 is 0 Å². The Hall–Kier alpha value is -0.960. The van der Waals surface area contributed by atoms with Crippen molar-refractivity contribution in [3.8, 4) is 0 Å². The van der Waals surface area contributed by atoms with Crippen molar-refractivity contribution in [1.82, 2.24) is 0 Å². The smallest absolute Gasteiger partial charge is 0.125 e. The van der Waals surface area contributed by atoms with Crippen LogP contribution < -0.4 is 5.73 Å². The van der Waals surface area contributed by atoms with E-state index in [2.05, 4.69) is 6.26 Å². The molecule has 3 heteroatoms. The number of benzene rings is 1. The largest absolute Gasteiger partial charge is 0.383 e. The molecule has 2 N–H and O–H groups in total.